The summed E-state index contributed by atoms with van der Waals surface area (Å²) in [5, 5.41) is 11.4. The number of amides is 1. The number of nitrogens with zero attached hydrogens (tertiary/aromatic N) is 2. The molecule has 3 aromatic heterocycles. The molecular formula is C17H15F3N4O2S. The first-order chi connectivity index (χ1) is 12.9. The van der Waals surface area contributed by atoms with Crippen LogP contribution in [0.3, 0.4) is 0 Å². The Morgan fingerprint density at radius 1 is 1.41 bits per heavy atom. The molecule has 27 heavy (non-hydrogen) atoms. The summed E-state index contributed by atoms with van der Waals surface area (Å²) in [6.07, 6.45) is -3.19. The Morgan fingerprint density at radius 3 is 2.93 bits per heavy atom. The number of halogens is 3. The summed E-state index contributed by atoms with van der Waals surface area (Å²) in [5.41, 5.74) is -0.0786. The van der Waals surface area contributed by atoms with E-state index in [-0.39, 0.29) is 24.5 Å². The van der Waals surface area contributed by atoms with E-state index in [1.165, 1.54) is 23.7 Å². The van der Waals surface area contributed by atoms with E-state index in [0.29, 0.717) is 5.76 Å². The molecule has 10 heteroatoms. The van der Waals surface area contributed by atoms with Gasteiger partial charge in [-0.2, -0.15) is 18.3 Å². The van der Waals surface area contributed by atoms with Gasteiger partial charge in [-0.15, -0.1) is 11.3 Å². The molecule has 142 valence electrons. The highest BCUT2D eigenvalue weighted by Crippen LogP contribution is 2.44. The topological polar surface area (TPSA) is 72.1 Å². The third-order valence-corrected chi connectivity index (χ3v) is 5.30. The van der Waals surface area contributed by atoms with Gasteiger partial charge in [-0.3, -0.25) is 4.79 Å². The first-order valence-electron chi connectivity index (χ1n) is 8.18. The van der Waals surface area contributed by atoms with Crippen molar-refractivity contribution in [2.75, 3.05) is 5.32 Å². The fourth-order valence-electron chi connectivity index (χ4n) is 3.03. The molecular weight excluding hydrogens is 381 g/mol. The van der Waals surface area contributed by atoms with Gasteiger partial charge in [0.25, 0.3) is 5.91 Å². The minimum absolute atomic E-state index is 0.0786. The fourth-order valence-corrected chi connectivity index (χ4v) is 3.82. The van der Waals surface area contributed by atoms with Crippen molar-refractivity contribution in [2.45, 2.75) is 31.2 Å². The highest BCUT2D eigenvalue weighted by atomic mass is 32.1. The fraction of sp³-hybridized carbons (Fsp3) is 0.294. The van der Waals surface area contributed by atoms with Crippen LogP contribution in [0.15, 0.2) is 46.4 Å². The molecule has 0 radical (unpaired) electrons. The second-order valence-corrected chi connectivity index (χ2v) is 7.11. The minimum Gasteiger partial charge on any atom is -0.467 e. The summed E-state index contributed by atoms with van der Waals surface area (Å²) >= 11 is 1.39. The number of aromatic nitrogens is 2. The Bertz CT molecular complexity index is 919. The third kappa shape index (κ3) is 3.57. The van der Waals surface area contributed by atoms with Gasteiger partial charge >= 0.3 is 6.18 Å². The maximum atomic E-state index is 13.6. The quantitative estimate of drug-likeness (QED) is 0.696. The van der Waals surface area contributed by atoms with Crippen LogP contribution >= 0.6 is 11.3 Å². The first kappa shape index (κ1) is 17.7. The predicted octanol–water partition coefficient (Wildman–Crippen LogP) is 4.13. The first-order valence-corrected chi connectivity index (χ1v) is 9.06. The number of carbonyl (C=O) groups is 1. The van der Waals surface area contributed by atoms with E-state index in [9.17, 15) is 18.0 Å². The Morgan fingerprint density at radius 2 is 2.26 bits per heavy atom. The molecule has 0 unspecified atom stereocenters. The molecule has 2 atom stereocenters. The van der Waals surface area contributed by atoms with Crippen molar-refractivity contribution in [1.82, 2.24) is 15.1 Å². The summed E-state index contributed by atoms with van der Waals surface area (Å²) in [5.74, 6) is 0.144. The largest absolute Gasteiger partial charge is 0.467 e. The maximum absolute atomic E-state index is 13.6. The van der Waals surface area contributed by atoms with E-state index in [1.54, 1.807) is 24.3 Å². The van der Waals surface area contributed by atoms with Crippen LogP contribution in [0.2, 0.25) is 0 Å². The van der Waals surface area contributed by atoms with E-state index >= 15 is 0 Å². The Labute approximate surface area is 156 Å². The van der Waals surface area contributed by atoms with Crippen LogP contribution in [-0.4, -0.2) is 21.9 Å². The molecule has 1 amide bonds. The summed E-state index contributed by atoms with van der Waals surface area (Å²) < 4.78 is 46.7. The number of anilines is 1. The molecule has 4 heterocycles. The molecule has 0 saturated carbocycles. The summed E-state index contributed by atoms with van der Waals surface area (Å²) in [4.78, 5) is 13.1. The van der Waals surface area contributed by atoms with Crippen LogP contribution in [-0.2, 0) is 6.54 Å². The predicted molar refractivity (Wildman–Crippen MR) is 92.5 cm³/mol. The second kappa shape index (κ2) is 6.76. The monoisotopic (exact) mass is 396 g/mol. The molecule has 0 aromatic carbocycles. The smallest absolute Gasteiger partial charge is 0.410 e. The lowest BCUT2D eigenvalue weighted by Gasteiger charge is -2.32. The number of hydrogen-bond donors (Lipinski definition) is 2. The minimum atomic E-state index is -4.47. The molecule has 0 saturated heterocycles. The van der Waals surface area contributed by atoms with Crippen LogP contribution in [0.25, 0.3) is 0 Å². The van der Waals surface area contributed by atoms with E-state index < -0.39 is 24.2 Å². The number of fused-ring (bicyclic) bond motifs is 1. The van der Waals surface area contributed by atoms with Crippen molar-refractivity contribution in [3.63, 3.8) is 0 Å². The molecule has 6 nitrogen and oxygen atoms in total. The number of hydrogen-bond acceptors (Lipinski definition) is 5. The zero-order chi connectivity index (χ0) is 19.0. The van der Waals surface area contributed by atoms with Gasteiger partial charge in [0.15, 0.2) is 11.7 Å². The van der Waals surface area contributed by atoms with Crippen LogP contribution < -0.4 is 10.6 Å². The van der Waals surface area contributed by atoms with Crippen molar-refractivity contribution in [2.24, 2.45) is 0 Å². The molecule has 0 fully saturated rings. The Balaban J connectivity index is 1.58. The molecule has 0 spiro atoms. The van der Waals surface area contributed by atoms with Gasteiger partial charge in [-0.1, -0.05) is 6.07 Å². The maximum Gasteiger partial charge on any atom is 0.410 e. The SMILES string of the molecule is O=C(NCc1ccco1)c1cc2n(n1)[C@@H](C(F)(F)F)C[C@H](c1cccs1)N2. The second-order valence-electron chi connectivity index (χ2n) is 6.13. The van der Waals surface area contributed by atoms with Crippen LogP contribution in [0.1, 0.15) is 39.6 Å². The lowest BCUT2D eigenvalue weighted by molar-refractivity contribution is -0.173. The summed E-state index contributed by atoms with van der Waals surface area (Å²) in [6, 6.07) is 6.01. The van der Waals surface area contributed by atoms with Gasteiger partial charge in [-0.05, 0) is 23.6 Å². The van der Waals surface area contributed by atoms with Gasteiger partial charge in [0, 0.05) is 17.4 Å². The van der Waals surface area contributed by atoms with Crippen molar-refractivity contribution in [3.05, 3.63) is 58.3 Å². The molecule has 4 rings (SSSR count). The molecule has 0 bridgehead atoms. The number of thiophene rings is 1. The number of carbonyl (C=O) groups excluding carboxylic acids is 1. The van der Waals surface area contributed by atoms with Crippen molar-refractivity contribution in [1.29, 1.82) is 0 Å². The zero-order valence-corrected chi connectivity index (χ0v) is 14.7. The van der Waals surface area contributed by atoms with Gasteiger partial charge < -0.3 is 15.1 Å². The summed E-state index contributed by atoms with van der Waals surface area (Å²) in [6.45, 7) is 0.127. The molecule has 1 aliphatic heterocycles. The average molecular weight is 396 g/mol. The van der Waals surface area contributed by atoms with Crippen LogP contribution in [0.5, 0.6) is 0 Å². The van der Waals surface area contributed by atoms with E-state index in [4.69, 9.17) is 4.42 Å². The average Bonchev–Trinajstić information content (AvgIpc) is 3.38. The number of nitrogens with one attached hydrogen (secondary N) is 2. The molecule has 2 N–H and O–H groups in total. The summed E-state index contributed by atoms with van der Waals surface area (Å²) in [7, 11) is 0. The van der Waals surface area contributed by atoms with Crippen molar-refractivity contribution < 1.29 is 22.4 Å². The lowest BCUT2D eigenvalue weighted by Crippen LogP contribution is -2.35. The number of alkyl halides is 3. The van der Waals surface area contributed by atoms with Gasteiger partial charge in [-0.25, -0.2) is 4.68 Å². The molecule has 0 aliphatic carbocycles. The Kier molecular flexibility index (Phi) is 4.42. The van der Waals surface area contributed by atoms with E-state index in [2.05, 4.69) is 15.7 Å². The lowest BCUT2D eigenvalue weighted by atomic mass is 10.0. The van der Waals surface area contributed by atoms with Crippen molar-refractivity contribution in [3.8, 4) is 0 Å². The number of rotatable bonds is 4. The van der Waals surface area contributed by atoms with Gasteiger partial charge in [0.2, 0.25) is 0 Å². The van der Waals surface area contributed by atoms with E-state index in [0.717, 1.165) is 9.56 Å². The van der Waals surface area contributed by atoms with Crippen LogP contribution in [0, 0.1) is 0 Å². The van der Waals surface area contributed by atoms with Gasteiger partial charge in [0.1, 0.15) is 11.6 Å². The van der Waals surface area contributed by atoms with Gasteiger partial charge in [0.05, 0.1) is 18.8 Å². The highest BCUT2D eigenvalue weighted by Gasteiger charge is 2.47. The normalized spacial score (nSPS) is 19.4. The van der Waals surface area contributed by atoms with Crippen LogP contribution in [0.4, 0.5) is 19.0 Å². The van der Waals surface area contributed by atoms with Crippen molar-refractivity contribution >= 4 is 23.1 Å². The van der Waals surface area contributed by atoms with E-state index in [1.807, 2.05) is 5.38 Å². The Hall–Kier alpha value is -2.75. The molecule has 1 aliphatic rings. The zero-order valence-electron chi connectivity index (χ0n) is 13.9. The standard InChI is InChI=1S/C17H15F3N4O2S/c18-17(19,20)14-7-11(13-4-2-6-27-13)22-15-8-12(23-24(14)15)16(25)21-9-10-3-1-5-26-10/h1-6,8,11,14,22H,7,9H2,(H,21,25)/t11-,14-/m1/s1. The highest BCUT2D eigenvalue weighted by molar-refractivity contribution is 7.10. The molecule has 3 aromatic rings. The number of furan rings is 1. The third-order valence-electron chi connectivity index (χ3n) is 4.31.